The summed E-state index contributed by atoms with van der Waals surface area (Å²) in [5, 5.41) is 21.0. The zero-order valence-electron chi connectivity index (χ0n) is 15.6. The van der Waals surface area contributed by atoms with Crippen LogP contribution in [0.5, 0.6) is 0 Å². The zero-order chi connectivity index (χ0) is 20.6. The normalized spacial score (nSPS) is 10.6. The Kier molecular flexibility index (Phi) is 7.87. The van der Waals surface area contributed by atoms with Crippen molar-refractivity contribution < 1.29 is 14.6 Å². The van der Waals surface area contributed by atoms with Crippen molar-refractivity contribution in [2.75, 3.05) is 12.3 Å². The van der Waals surface area contributed by atoms with E-state index in [0.29, 0.717) is 35.0 Å². The van der Waals surface area contributed by atoms with Crippen LogP contribution in [0, 0.1) is 34.1 Å². The second-order valence-electron chi connectivity index (χ2n) is 5.49. The third-order valence-corrected chi connectivity index (χ3v) is 3.65. The van der Waals surface area contributed by atoms with Crippen molar-refractivity contribution >= 4 is 28.6 Å². The van der Waals surface area contributed by atoms with Crippen LogP contribution in [0.4, 0.5) is 22.7 Å². The lowest BCUT2D eigenvalue weighted by molar-refractivity contribution is -0.385. The lowest BCUT2D eigenvalue weighted by Gasteiger charge is -2.04. The van der Waals surface area contributed by atoms with E-state index in [1.54, 1.807) is 45.0 Å². The number of hydrogen-bond acceptors (Lipinski definition) is 7. The number of nitrogens with two attached hydrogens (primary N) is 1. The first-order chi connectivity index (χ1) is 12.7. The molecule has 0 aliphatic heterocycles. The Morgan fingerprint density at radius 3 is 2.04 bits per heavy atom. The van der Waals surface area contributed by atoms with E-state index in [2.05, 4.69) is 4.99 Å². The zero-order valence-corrected chi connectivity index (χ0v) is 15.6. The van der Waals surface area contributed by atoms with Gasteiger partial charge in [0.25, 0.3) is 11.4 Å². The van der Waals surface area contributed by atoms with E-state index in [9.17, 15) is 20.2 Å². The summed E-state index contributed by atoms with van der Waals surface area (Å²) >= 11 is 0. The third-order valence-electron chi connectivity index (χ3n) is 3.65. The molecule has 2 N–H and O–H groups in total. The molecule has 2 aromatic carbocycles. The molecule has 0 amide bonds. The fraction of sp³-hybridized carbons (Fsp3) is 0.278. The topological polar surface area (TPSA) is 134 Å². The van der Waals surface area contributed by atoms with E-state index in [4.69, 9.17) is 10.5 Å². The predicted octanol–water partition coefficient (Wildman–Crippen LogP) is 4.48. The lowest BCUT2D eigenvalue weighted by Crippen LogP contribution is -1.98. The fourth-order valence-electron chi connectivity index (χ4n) is 2.18. The van der Waals surface area contributed by atoms with Crippen LogP contribution in [0.1, 0.15) is 25.0 Å². The van der Waals surface area contributed by atoms with Gasteiger partial charge in [0.1, 0.15) is 0 Å². The van der Waals surface area contributed by atoms with Crippen molar-refractivity contribution in [3.8, 4) is 0 Å². The Hall–Kier alpha value is -3.49. The minimum Gasteiger partial charge on any atom is -0.481 e. The van der Waals surface area contributed by atoms with E-state index < -0.39 is 9.85 Å². The summed E-state index contributed by atoms with van der Waals surface area (Å²) in [5.41, 5.74) is 7.70. The molecule has 27 heavy (non-hydrogen) atoms. The van der Waals surface area contributed by atoms with Gasteiger partial charge < -0.3 is 10.5 Å². The Balaban J connectivity index is 0.000000289. The highest BCUT2D eigenvalue weighted by Crippen LogP contribution is 2.27. The molecule has 144 valence electrons. The Morgan fingerprint density at radius 1 is 1.04 bits per heavy atom. The van der Waals surface area contributed by atoms with Crippen LogP contribution >= 0.6 is 0 Å². The van der Waals surface area contributed by atoms with Gasteiger partial charge in [0.15, 0.2) is 5.90 Å². The van der Waals surface area contributed by atoms with Crippen LogP contribution < -0.4 is 5.73 Å². The molecule has 0 aliphatic carbocycles. The highest BCUT2D eigenvalue weighted by molar-refractivity contribution is 5.78. The maximum Gasteiger partial charge on any atom is 0.274 e. The Morgan fingerprint density at radius 2 is 1.56 bits per heavy atom. The number of ether oxygens (including phenoxy) is 1. The van der Waals surface area contributed by atoms with Crippen LogP contribution in [-0.2, 0) is 4.74 Å². The fourth-order valence-corrected chi connectivity index (χ4v) is 2.18. The molecule has 0 atom stereocenters. The molecule has 9 nitrogen and oxygen atoms in total. The summed E-state index contributed by atoms with van der Waals surface area (Å²) in [5.74, 6) is 0.506. The molecule has 0 fully saturated rings. The summed E-state index contributed by atoms with van der Waals surface area (Å²) in [4.78, 5) is 24.4. The quantitative estimate of drug-likeness (QED) is 0.276. The van der Waals surface area contributed by atoms with Gasteiger partial charge in [0.05, 0.1) is 27.7 Å². The average Bonchev–Trinajstić information content (AvgIpc) is 2.59. The van der Waals surface area contributed by atoms with E-state index in [0.717, 1.165) is 0 Å². The van der Waals surface area contributed by atoms with Crippen LogP contribution in [0.3, 0.4) is 0 Å². The molecule has 0 saturated heterocycles. The molecule has 0 radical (unpaired) electrons. The van der Waals surface area contributed by atoms with Crippen molar-refractivity contribution in [3.05, 3.63) is 67.8 Å². The predicted molar refractivity (Wildman–Crippen MR) is 104 cm³/mol. The van der Waals surface area contributed by atoms with Crippen LogP contribution in [0.15, 0.2) is 41.4 Å². The molecule has 2 rings (SSSR count). The van der Waals surface area contributed by atoms with Crippen molar-refractivity contribution in [2.24, 2.45) is 4.99 Å². The van der Waals surface area contributed by atoms with Gasteiger partial charge in [0.2, 0.25) is 0 Å². The van der Waals surface area contributed by atoms with E-state index >= 15 is 0 Å². The summed E-state index contributed by atoms with van der Waals surface area (Å²) < 4.78 is 5.18. The van der Waals surface area contributed by atoms with Crippen molar-refractivity contribution in [3.63, 3.8) is 0 Å². The van der Waals surface area contributed by atoms with Gasteiger partial charge >= 0.3 is 0 Å². The van der Waals surface area contributed by atoms with Crippen LogP contribution in [0.25, 0.3) is 0 Å². The number of nitrogen functional groups attached to an aromatic ring is 1. The molecule has 0 heterocycles. The number of nitro benzene ring substituents is 2. The number of hydrogen-bond donors (Lipinski definition) is 1. The van der Waals surface area contributed by atoms with Gasteiger partial charge in [-0.2, -0.15) is 0 Å². The minimum absolute atomic E-state index is 0.0741. The van der Waals surface area contributed by atoms with E-state index in [1.165, 1.54) is 12.1 Å². The molecule has 0 aromatic heterocycles. The number of nitrogens with zero attached hydrogens (tertiary/aromatic N) is 3. The smallest absolute Gasteiger partial charge is 0.274 e. The van der Waals surface area contributed by atoms with Gasteiger partial charge in [-0.15, -0.1) is 0 Å². The van der Waals surface area contributed by atoms with E-state index in [-0.39, 0.29) is 11.4 Å². The number of rotatable bonds is 4. The highest BCUT2D eigenvalue weighted by atomic mass is 16.6. The van der Waals surface area contributed by atoms with Gasteiger partial charge in [-0.05, 0) is 32.9 Å². The Labute approximate surface area is 156 Å². The SMILES string of the molecule is CCOC(C)=Nc1cccc([N+](=O)[O-])c1C.Cc1c(N)cccc1[N+](=O)[O-]. The maximum absolute atomic E-state index is 10.7. The summed E-state index contributed by atoms with van der Waals surface area (Å²) in [6.45, 7) is 7.42. The Bertz CT molecular complexity index is 865. The van der Waals surface area contributed by atoms with Crippen molar-refractivity contribution in [1.82, 2.24) is 0 Å². The van der Waals surface area contributed by atoms with Crippen molar-refractivity contribution in [1.29, 1.82) is 0 Å². The summed E-state index contributed by atoms with van der Waals surface area (Å²) in [7, 11) is 0. The van der Waals surface area contributed by atoms with Gasteiger partial charge in [-0.1, -0.05) is 12.1 Å². The molecule has 2 aromatic rings. The number of benzene rings is 2. The first-order valence-electron chi connectivity index (χ1n) is 8.10. The second kappa shape index (κ2) is 9.85. The number of anilines is 1. The summed E-state index contributed by atoms with van der Waals surface area (Å²) in [6.07, 6.45) is 0. The highest BCUT2D eigenvalue weighted by Gasteiger charge is 2.13. The lowest BCUT2D eigenvalue weighted by atomic mass is 10.1. The number of nitro groups is 2. The monoisotopic (exact) mass is 374 g/mol. The third kappa shape index (κ3) is 6.07. The summed E-state index contributed by atoms with van der Waals surface area (Å²) in [6, 6.07) is 9.45. The molecular formula is C18H22N4O5. The minimum atomic E-state index is -0.439. The number of aliphatic imine (C=N–C) groups is 1. The molecular weight excluding hydrogens is 352 g/mol. The molecule has 0 unspecified atom stereocenters. The first kappa shape index (κ1) is 21.6. The molecule has 0 spiro atoms. The largest absolute Gasteiger partial charge is 0.481 e. The molecule has 0 bridgehead atoms. The standard InChI is InChI=1S/C11H14N2O3.C7H8N2O2/c1-4-16-9(3)12-10-6-5-7-11(8(10)2)13(14)15;1-5-6(8)3-2-4-7(5)9(10)11/h5-7H,4H2,1-3H3;2-4H,8H2,1H3. The van der Waals surface area contributed by atoms with Crippen molar-refractivity contribution in [2.45, 2.75) is 27.7 Å². The average molecular weight is 374 g/mol. The van der Waals surface area contributed by atoms with E-state index in [1.807, 2.05) is 6.92 Å². The second-order valence-corrected chi connectivity index (χ2v) is 5.49. The van der Waals surface area contributed by atoms with Gasteiger partial charge in [-0.3, -0.25) is 20.2 Å². The van der Waals surface area contributed by atoms with Gasteiger partial charge in [-0.25, -0.2) is 4.99 Å². The van der Waals surface area contributed by atoms with Gasteiger partial charge in [0, 0.05) is 30.3 Å². The molecule has 0 aliphatic rings. The molecule has 9 heteroatoms. The molecule has 0 saturated carbocycles. The first-order valence-corrected chi connectivity index (χ1v) is 8.10. The van der Waals surface area contributed by atoms with Crippen LogP contribution in [-0.4, -0.2) is 22.4 Å². The van der Waals surface area contributed by atoms with Crippen LogP contribution in [0.2, 0.25) is 0 Å². The maximum atomic E-state index is 10.7.